The second-order valence-corrected chi connectivity index (χ2v) is 9.94. The Hall–Kier alpha value is -3.85. The van der Waals surface area contributed by atoms with Gasteiger partial charge in [0.15, 0.2) is 0 Å². The minimum absolute atomic E-state index is 0.203. The first-order valence-corrected chi connectivity index (χ1v) is 12.4. The predicted octanol–water partition coefficient (Wildman–Crippen LogP) is 5.19. The number of carbonyl (C=O) groups excluding carboxylic acids is 2. The van der Waals surface area contributed by atoms with Crippen molar-refractivity contribution < 1.29 is 14.3 Å². The first-order chi connectivity index (χ1) is 17.3. The Balaban J connectivity index is 1.59. The van der Waals surface area contributed by atoms with Gasteiger partial charge in [0, 0.05) is 62.4 Å². The SMILES string of the molecule is COC(=O)NCc1cccc(CNC(=O)N2c3ccc(N(C)C)cc3Sc3cc(N(C)C)ccc32)c1. The van der Waals surface area contributed by atoms with E-state index in [2.05, 4.69) is 37.3 Å². The monoisotopic (exact) mass is 505 g/mol. The van der Waals surface area contributed by atoms with E-state index in [0.29, 0.717) is 13.1 Å². The topological polar surface area (TPSA) is 77.1 Å². The molecule has 0 unspecified atom stereocenters. The van der Waals surface area contributed by atoms with Gasteiger partial charge in [-0.1, -0.05) is 36.0 Å². The molecule has 4 rings (SSSR count). The molecule has 2 N–H and O–H groups in total. The van der Waals surface area contributed by atoms with Crippen molar-refractivity contribution in [2.45, 2.75) is 22.9 Å². The molecule has 0 aliphatic carbocycles. The lowest BCUT2D eigenvalue weighted by atomic mass is 10.1. The summed E-state index contributed by atoms with van der Waals surface area (Å²) in [6.45, 7) is 0.700. The molecule has 0 saturated carbocycles. The van der Waals surface area contributed by atoms with E-state index in [9.17, 15) is 9.59 Å². The van der Waals surface area contributed by atoms with Crippen molar-refractivity contribution in [3.05, 3.63) is 71.8 Å². The summed E-state index contributed by atoms with van der Waals surface area (Å²) in [5.41, 5.74) is 5.71. The van der Waals surface area contributed by atoms with Gasteiger partial charge in [0.05, 0.1) is 18.5 Å². The molecule has 0 spiro atoms. The van der Waals surface area contributed by atoms with Gasteiger partial charge in [0.1, 0.15) is 0 Å². The third-order valence-corrected chi connectivity index (χ3v) is 6.98. The zero-order chi connectivity index (χ0) is 25.8. The molecule has 3 aromatic rings. The number of amides is 3. The van der Waals surface area contributed by atoms with E-state index in [4.69, 9.17) is 0 Å². The number of hydrogen-bond acceptors (Lipinski definition) is 6. The van der Waals surface area contributed by atoms with Crippen molar-refractivity contribution >= 4 is 46.6 Å². The second-order valence-electron chi connectivity index (χ2n) is 8.85. The van der Waals surface area contributed by atoms with Crippen LogP contribution in [-0.4, -0.2) is 47.4 Å². The van der Waals surface area contributed by atoms with E-state index >= 15 is 0 Å². The molecule has 1 aliphatic rings. The summed E-state index contributed by atoms with van der Waals surface area (Å²) in [6, 6.07) is 19.8. The van der Waals surface area contributed by atoms with Crippen LogP contribution in [0.1, 0.15) is 11.1 Å². The fourth-order valence-corrected chi connectivity index (χ4v) is 5.04. The molecular formula is C27H31N5O3S. The summed E-state index contributed by atoms with van der Waals surface area (Å²) < 4.78 is 4.63. The Labute approximate surface area is 216 Å². The number of methoxy groups -OCH3 is 1. The highest BCUT2D eigenvalue weighted by atomic mass is 32.2. The van der Waals surface area contributed by atoms with Crippen molar-refractivity contribution in [2.75, 3.05) is 50.0 Å². The molecule has 3 amide bonds. The summed E-state index contributed by atoms with van der Waals surface area (Å²) in [7, 11) is 9.36. The van der Waals surface area contributed by atoms with Crippen molar-refractivity contribution in [3.8, 4) is 0 Å². The van der Waals surface area contributed by atoms with E-state index in [1.807, 2.05) is 76.7 Å². The summed E-state index contributed by atoms with van der Waals surface area (Å²) in [5.74, 6) is 0. The maximum atomic E-state index is 13.6. The number of nitrogens with zero attached hydrogens (tertiary/aromatic N) is 3. The Morgan fingerprint density at radius 1 is 0.806 bits per heavy atom. The van der Waals surface area contributed by atoms with Gasteiger partial charge < -0.3 is 25.2 Å². The van der Waals surface area contributed by atoms with Gasteiger partial charge in [-0.15, -0.1) is 0 Å². The number of nitrogens with one attached hydrogen (secondary N) is 2. The fourth-order valence-electron chi connectivity index (χ4n) is 3.91. The lowest BCUT2D eigenvalue weighted by Crippen LogP contribution is -2.38. The minimum Gasteiger partial charge on any atom is -0.453 e. The van der Waals surface area contributed by atoms with E-state index in [0.717, 1.165) is 43.7 Å². The van der Waals surface area contributed by atoms with Gasteiger partial charge in [0.25, 0.3) is 0 Å². The van der Waals surface area contributed by atoms with Crippen molar-refractivity contribution in [2.24, 2.45) is 0 Å². The molecule has 9 heteroatoms. The maximum Gasteiger partial charge on any atom is 0.407 e. The molecule has 8 nitrogen and oxygen atoms in total. The third-order valence-electron chi connectivity index (χ3n) is 5.88. The number of benzene rings is 3. The molecule has 0 saturated heterocycles. The third kappa shape index (κ3) is 5.52. The number of rotatable bonds is 6. The fraction of sp³-hybridized carbons (Fsp3) is 0.259. The van der Waals surface area contributed by atoms with E-state index in [1.54, 1.807) is 16.7 Å². The molecular weight excluding hydrogens is 474 g/mol. The van der Waals surface area contributed by atoms with Crippen LogP contribution in [0, 0.1) is 0 Å². The van der Waals surface area contributed by atoms with Crippen LogP contribution in [0.5, 0.6) is 0 Å². The van der Waals surface area contributed by atoms with Crippen LogP contribution < -0.4 is 25.3 Å². The van der Waals surface area contributed by atoms with Crippen LogP contribution >= 0.6 is 11.8 Å². The summed E-state index contributed by atoms with van der Waals surface area (Å²) in [4.78, 5) is 32.9. The molecule has 1 aliphatic heterocycles. The van der Waals surface area contributed by atoms with Gasteiger partial charge in [-0.25, -0.2) is 9.59 Å². The van der Waals surface area contributed by atoms with Gasteiger partial charge in [-0.3, -0.25) is 4.90 Å². The molecule has 3 aromatic carbocycles. The van der Waals surface area contributed by atoms with Crippen LogP contribution in [0.25, 0.3) is 0 Å². The van der Waals surface area contributed by atoms with E-state index in [-0.39, 0.29) is 6.03 Å². The quantitative estimate of drug-likeness (QED) is 0.480. The normalized spacial score (nSPS) is 11.8. The maximum absolute atomic E-state index is 13.6. The van der Waals surface area contributed by atoms with Gasteiger partial charge in [-0.05, 0) is 47.5 Å². The Kier molecular flexibility index (Phi) is 7.59. The molecule has 0 atom stereocenters. The van der Waals surface area contributed by atoms with E-state index < -0.39 is 6.09 Å². The van der Waals surface area contributed by atoms with Gasteiger partial charge in [0.2, 0.25) is 0 Å². The number of alkyl carbamates (subject to hydrolysis) is 1. The number of fused-ring (bicyclic) bond motifs is 2. The second kappa shape index (κ2) is 10.8. The Bertz CT molecular complexity index is 1220. The molecule has 0 aromatic heterocycles. The lowest BCUT2D eigenvalue weighted by molar-refractivity contribution is 0.170. The van der Waals surface area contributed by atoms with Crippen LogP contribution in [0.2, 0.25) is 0 Å². The van der Waals surface area contributed by atoms with Gasteiger partial charge in [-0.2, -0.15) is 0 Å². The van der Waals surface area contributed by atoms with Crippen LogP contribution in [0.15, 0.2) is 70.5 Å². The standard InChI is InChI=1S/C27H31N5O3S/c1-30(2)20-9-11-22-24(14-20)36-25-15-21(31(3)4)10-12-23(25)32(22)26(33)28-16-18-7-6-8-19(13-18)17-29-27(34)35-5/h6-15H,16-17H2,1-5H3,(H,28,33)(H,29,34). The van der Waals surface area contributed by atoms with Crippen molar-refractivity contribution in [1.29, 1.82) is 0 Å². The Morgan fingerprint density at radius 3 is 1.83 bits per heavy atom. The molecule has 36 heavy (non-hydrogen) atoms. The average molecular weight is 506 g/mol. The number of anilines is 4. The highest BCUT2D eigenvalue weighted by Crippen LogP contribution is 2.50. The average Bonchev–Trinajstić information content (AvgIpc) is 2.88. The lowest BCUT2D eigenvalue weighted by Gasteiger charge is -2.32. The number of hydrogen-bond donors (Lipinski definition) is 2. The highest BCUT2D eigenvalue weighted by molar-refractivity contribution is 7.99. The van der Waals surface area contributed by atoms with Gasteiger partial charge >= 0.3 is 12.1 Å². The molecule has 1 heterocycles. The van der Waals surface area contributed by atoms with Crippen molar-refractivity contribution in [3.63, 3.8) is 0 Å². The van der Waals surface area contributed by atoms with Crippen molar-refractivity contribution in [1.82, 2.24) is 10.6 Å². The highest BCUT2D eigenvalue weighted by Gasteiger charge is 2.29. The predicted molar refractivity (Wildman–Crippen MR) is 146 cm³/mol. The smallest absolute Gasteiger partial charge is 0.407 e. The summed E-state index contributed by atoms with van der Waals surface area (Å²) in [6.07, 6.45) is -0.483. The number of urea groups is 1. The molecule has 0 fully saturated rings. The van der Waals surface area contributed by atoms with Crippen LogP contribution in [0.4, 0.5) is 32.3 Å². The molecule has 188 valence electrons. The zero-order valence-corrected chi connectivity index (χ0v) is 22.0. The van der Waals surface area contributed by atoms with E-state index in [1.165, 1.54) is 7.11 Å². The number of ether oxygens (including phenoxy) is 1. The zero-order valence-electron chi connectivity index (χ0n) is 21.2. The number of carbonyl (C=O) groups is 2. The largest absolute Gasteiger partial charge is 0.453 e. The van der Waals surface area contributed by atoms with Crippen LogP contribution in [0.3, 0.4) is 0 Å². The molecule has 0 bridgehead atoms. The first-order valence-electron chi connectivity index (χ1n) is 11.5. The molecule has 0 radical (unpaired) electrons. The minimum atomic E-state index is -0.483. The summed E-state index contributed by atoms with van der Waals surface area (Å²) in [5, 5.41) is 5.75. The summed E-state index contributed by atoms with van der Waals surface area (Å²) >= 11 is 1.67. The first kappa shape index (κ1) is 25.2. The van der Waals surface area contributed by atoms with Crippen LogP contribution in [-0.2, 0) is 17.8 Å². The Morgan fingerprint density at radius 2 is 1.33 bits per heavy atom.